The van der Waals surface area contributed by atoms with Crippen molar-refractivity contribution < 1.29 is 9.53 Å². The van der Waals surface area contributed by atoms with Gasteiger partial charge in [-0.3, -0.25) is 0 Å². The Bertz CT molecular complexity index is 516. The summed E-state index contributed by atoms with van der Waals surface area (Å²) in [6.07, 6.45) is 4.75. The lowest BCUT2D eigenvalue weighted by molar-refractivity contribution is 0.0601. The van der Waals surface area contributed by atoms with Gasteiger partial charge in [-0.15, -0.1) is 0 Å². The van der Waals surface area contributed by atoms with Crippen molar-refractivity contribution >= 4 is 17.7 Å². The zero-order valence-corrected chi connectivity index (χ0v) is 9.12. The number of carbonyl (C=O) groups is 1. The first-order valence-corrected chi connectivity index (χ1v) is 4.88. The van der Waals surface area contributed by atoms with Crippen LogP contribution in [-0.4, -0.2) is 28.0 Å². The van der Waals surface area contributed by atoms with Gasteiger partial charge >= 0.3 is 5.97 Å². The molecule has 0 fully saturated rings. The number of hydrogen-bond acceptors (Lipinski definition) is 6. The molecule has 6 nitrogen and oxygen atoms in total. The van der Waals surface area contributed by atoms with Crippen molar-refractivity contribution in [2.75, 3.05) is 12.4 Å². The molecule has 0 unspecified atom stereocenters. The number of anilines is 2. The van der Waals surface area contributed by atoms with Gasteiger partial charge in [-0.2, -0.15) is 0 Å². The molecule has 2 aromatic heterocycles. The Hall–Kier alpha value is -2.50. The summed E-state index contributed by atoms with van der Waals surface area (Å²) < 4.78 is 4.65. The predicted octanol–water partition coefficient (Wildman–Crippen LogP) is 1.40. The number of hydrogen-bond donors (Lipinski definition) is 1. The quantitative estimate of drug-likeness (QED) is 0.803. The molecule has 86 valence electrons. The van der Waals surface area contributed by atoms with E-state index in [1.54, 1.807) is 36.8 Å². The Morgan fingerprint density at radius 2 is 1.88 bits per heavy atom. The SMILES string of the molecule is COC(=O)c1cccnc1Nc1ncccn1. The van der Waals surface area contributed by atoms with E-state index in [0.717, 1.165) is 0 Å². The second-order valence-corrected chi connectivity index (χ2v) is 3.09. The van der Waals surface area contributed by atoms with E-state index in [1.807, 2.05) is 0 Å². The van der Waals surface area contributed by atoms with Gasteiger partial charge in [0, 0.05) is 18.6 Å². The summed E-state index contributed by atoms with van der Waals surface area (Å²) in [5, 5.41) is 2.85. The monoisotopic (exact) mass is 230 g/mol. The Labute approximate surface area is 97.7 Å². The van der Waals surface area contributed by atoms with E-state index in [9.17, 15) is 4.79 Å². The average Bonchev–Trinajstić information content (AvgIpc) is 2.40. The van der Waals surface area contributed by atoms with E-state index in [4.69, 9.17) is 0 Å². The third-order valence-electron chi connectivity index (χ3n) is 2.01. The highest BCUT2D eigenvalue weighted by Gasteiger charge is 2.12. The fraction of sp³-hybridized carbons (Fsp3) is 0.0909. The van der Waals surface area contributed by atoms with Crippen molar-refractivity contribution in [3.05, 3.63) is 42.4 Å². The molecule has 0 aliphatic rings. The van der Waals surface area contributed by atoms with Crippen molar-refractivity contribution in [3.8, 4) is 0 Å². The molecule has 0 saturated carbocycles. The van der Waals surface area contributed by atoms with E-state index < -0.39 is 5.97 Å². The second kappa shape index (κ2) is 5.02. The predicted molar refractivity (Wildman–Crippen MR) is 60.9 cm³/mol. The van der Waals surface area contributed by atoms with E-state index in [2.05, 4.69) is 25.0 Å². The number of methoxy groups -OCH3 is 1. The number of ether oxygens (including phenoxy) is 1. The topological polar surface area (TPSA) is 77.0 Å². The molecule has 0 aliphatic heterocycles. The highest BCUT2D eigenvalue weighted by Crippen LogP contribution is 2.15. The summed E-state index contributed by atoms with van der Waals surface area (Å²) in [5.74, 6) is 0.276. The number of esters is 1. The summed E-state index contributed by atoms with van der Waals surface area (Å²) in [6.45, 7) is 0. The Kier molecular flexibility index (Phi) is 3.25. The minimum Gasteiger partial charge on any atom is -0.465 e. The van der Waals surface area contributed by atoms with E-state index in [-0.39, 0.29) is 0 Å². The third kappa shape index (κ3) is 2.54. The van der Waals surface area contributed by atoms with Crippen molar-refractivity contribution in [2.45, 2.75) is 0 Å². The number of pyridine rings is 1. The molecule has 0 aliphatic carbocycles. The van der Waals surface area contributed by atoms with Gasteiger partial charge in [0.15, 0.2) is 0 Å². The second-order valence-electron chi connectivity index (χ2n) is 3.09. The zero-order chi connectivity index (χ0) is 12.1. The molecule has 1 N–H and O–H groups in total. The molecule has 0 spiro atoms. The van der Waals surface area contributed by atoms with Gasteiger partial charge in [0.1, 0.15) is 11.4 Å². The van der Waals surface area contributed by atoms with Gasteiger partial charge in [-0.05, 0) is 18.2 Å². The van der Waals surface area contributed by atoms with Crippen molar-refractivity contribution in [3.63, 3.8) is 0 Å². The zero-order valence-electron chi connectivity index (χ0n) is 9.12. The number of nitrogens with zero attached hydrogens (tertiary/aromatic N) is 3. The Balaban J connectivity index is 2.30. The van der Waals surface area contributed by atoms with Gasteiger partial charge in [-0.25, -0.2) is 19.7 Å². The first-order valence-electron chi connectivity index (χ1n) is 4.88. The van der Waals surface area contributed by atoms with Crippen LogP contribution in [-0.2, 0) is 4.74 Å². The standard InChI is InChI=1S/C11H10N4O2/c1-17-10(16)8-4-2-5-12-9(8)15-11-13-6-3-7-14-11/h2-7H,1H3,(H,12,13,14,15). The van der Waals surface area contributed by atoms with Crippen molar-refractivity contribution in [1.29, 1.82) is 0 Å². The summed E-state index contributed by atoms with van der Waals surface area (Å²) in [5.41, 5.74) is 0.336. The van der Waals surface area contributed by atoms with Crippen molar-refractivity contribution in [1.82, 2.24) is 15.0 Å². The van der Waals surface area contributed by atoms with Crippen LogP contribution in [0.3, 0.4) is 0 Å². The maximum absolute atomic E-state index is 11.5. The van der Waals surface area contributed by atoms with Crippen LogP contribution in [0.4, 0.5) is 11.8 Å². The lowest BCUT2D eigenvalue weighted by Crippen LogP contribution is -2.08. The van der Waals surface area contributed by atoms with E-state index in [0.29, 0.717) is 17.3 Å². The molecule has 2 aromatic rings. The number of nitrogens with one attached hydrogen (secondary N) is 1. The molecule has 0 amide bonds. The number of aromatic nitrogens is 3. The lowest BCUT2D eigenvalue weighted by atomic mass is 10.2. The Morgan fingerprint density at radius 3 is 2.59 bits per heavy atom. The molecule has 0 radical (unpaired) electrons. The molecule has 0 bridgehead atoms. The van der Waals surface area contributed by atoms with Crippen LogP contribution in [0.2, 0.25) is 0 Å². The van der Waals surface area contributed by atoms with Gasteiger partial charge < -0.3 is 10.1 Å². The highest BCUT2D eigenvalue weighted by atomic mass is 16.5. The molecule has 0 aromatic carbocycles. The summed E-state index contributed by atoms with van der Waals surface area (Å²) in [4.78, 5) is 23.5. The van der Waals surface area contributed by atoms with Crippen LogP contribution in [0.15, 0.2) is 36.8 Å². The molecule has 17 heavy (non-hydrogen) atoms. The lowest BCUT2D eigenvalue weighted by Gasteiger charge is -2.07. The number of carbonyl (C=O) groups excluding carboxylic acids is 1. The third-order valence-corrected chi connectivity index (χ3v) is 2.01. The minimum absolute atomic E-state index is 0.336. The fourth-order valence-electron chi connectivity index (χ4n) is 1.25. The molecular formula is C11H10N4O2. The molecule has 2 rings (SSSR count). The fourth-order valence-corrected chi connectivity index (χ4v) is 1.25. The van der Waals surface area contributed by atoms with E-state index in [1.165, 1.54) is 7.11 Å². The number of rotatable bonds is 3. The summed E-state index contributed by atoms with van der Waals surface area (Å²) >= 11 is 0. The van der Waals surface area contributed by atoms with Crippen LogP contribution < -0.4 is 5.32 Å². The smallest absolute Gasteiger partial charge is 0.341 e. The van der Waals surface area contributed by atoms with E-state index >= 15 is 0 Å². The average molecular weight is 230 g/mol. The Morgan fingerprint density at radius 1 is 1.18 bits per heavy atom. The largest absolute Gasteiger partial charge is 0.465 e. The molecule has 6 heteroatoms. The highest BCUT2D eigenvalue weighted by molar-refractivity contribution is 5.94. The van der Waals surface area contributed by atoms with Gasteiger partial charge in [0.2, 0.25) is 5.95 Å². The van der Waals surface area contributed by atoms with Gasteiger partial charge in [0.25, 0.3) is 0 Å². The van der Waals surface area contributed by atoms with Crippen LogP contribution in [0.25, 0.3) is 0 Å². The maximum Gasteiger partial charge on any atom is 0.341 e. The molecule has 0 atom stereocenters. The van der Waals surface area contributed by atoms with Crippen LogP contribution in [0.1, 0.15) is 10.4 Å². The van der Waals surface area contributed by atoms with Crippen LogP contribution in [0, 0.1) is 0 Å². The summed E-state index contributed by atoms with van der Waals surface area (Å²) in [6, 6.07) is 4.97. The molecule has 0 saturated heterocycles. The summed E-state index contributed by atoms with van der Waals surface area (Å²) in [7, 11) is 1.32. The van der Waals surface area contributed by atoms with Crippen LogP contribution in [0.5, 0.6) is 0 Å². The normalized spacial score (nSPS) is 9.71. The molecular weight excluding hydrogens is 220 g/mol. The minimum atomic E-state index is -0.462. The van der Waals surface area contributed by atoms with Gasteiger partial charge in [0.05, 0.1) is 7.11 Å². The van der Waals surface area contributed by atoms with Crippen LogP contribution >= 0.6 is 0 Å². The first-order chi connectivity index (χ1) is 8.31. The first kappa shape index (κ1) is 11.0. The van der Waals surface area contributed by atoms with Gasteiger partial charge in [-0.1, -0.05) is 0 Å². The maximum atomic E-state index is 11.5. The molecule has 2 heterocycles. The van der Waals surface area contributed by atoms with Crippen molar-refractivity contribution in [2.24, 2.45) is 0 Å².